The fraction of sp³-hybridized carbons (Fsp3) is 0.150. The van der Waals surface area contributed by atoms with Crippen LogP contribution in [0.1, 0.15) is 5.56 Å². The van der Waals surface area contributed by atoms with Gasteiger partial charge in [0.05, 0.1) is 24.8 Å². The maximum absolute atomic E-state index is 12.8. The first-order valence-corrected chi connectivity index (χ1v) is 9.26. The molecule has 1 aliphatic heterocycles. The molecule has 1 heterocycles. The fourth-order valence-corrected chi connectivity index (χ4v) is 3.63. The predicted molar refractivity (Wildman–Crippen MR) is 110 cm³/mol. The van der Waals surface area contributed by atoms with Crippen LogP contribution in [0.2, 0.25) is 0 Å². The number of ether oxygens (including phenoxy) is 2. The van der Waals surface area contributed by atoms with E-state index >= 15 is 0 Å². The maximum Gasteiger partial charge on any atom is 0.323 e. The van der Waals surface area contributed by atoms with Crippen LogP contribution in [0.4, 0.5) is 5.69 Å². The van der Waals surface area contributed by atoms with Crippen molar-refractivity contribution in [3.05, 3.63) is 52.9 Å². The first-order valence-electron chi connectivity index (χ1n) is 8.45. The van der Waals surface area contributed by atoms with Gasteiger partial charge >= 0.3 is 5.97 Å². The van der Waals surface area contributed by atoms with Crippen LogP contribution in [-0.2, 0) is 9.59 Å². The number of amidine groups is 1. The molecular weight excluding hydrogens is 396 g/mol. The molecule has 2 aromatic rings. The molecule has 2 aromatic carbocycles. The number of para-hydroxylation sites is 1. The van der Waals surface area contributed by atoms with E-state index in [1.165, 1.54) is 14.2 Å². The number of phenols is 1. The number of hydrogen-bond acceptors (Lipinski definition) is 7. The monoisotopic (exact) mass is 414 g/mol. The van der Waals surface area contributed by atoms with Crippen LogP contribution in [0.3, 0.4) is 0 Å². The quantitative estimate of drug-likeness (QED) is 0.699. The van der Waals surface area contributed by atoms with E-state index in [0.29, 0.717) is 11.3 Å². The number of phenolic OH excluding ortho intramolecular Hbond substituents is 1. The molecule has 2 N–H and O–H groups in total. The van der Waals surface area contributed by atoms with Gasteiger partial charge < -0.3 is 19.7 Å². The number of aromatic hydroxyl groups is 1. The van der Waals surface area contributed by atoms with Crippen molar-refractivity contribution in [1.82, 2.24) is 4.90 Å². The highest BCUT2D eigenvalue weighted by atomic mass is 32.2. The van der Waals surface area contributed by atoms with E-state index in [1.807, 2.05) is 6.07 Å². The number of carbonyl (C=O) groups excluding carboxylic acids is 1. The predicted octanol–water partition coefficient (Wildman–Crippen LogP) is 3.10. The Kier molecular flexibility index (Phi) is 6.08. The van der Waals surface area contributed by atoms with Gasteiger partial charge in [-0.3, -0.25) is 14.5 Å². The van der Waals surface area contributed by atoms with Gasteiger partial charge in [-0.2, -0.15) is 0 Å². The second-order valence-electron chi connectivity index (χ2n) is 5.90. The molecule has 0 aromatic heterocycles. The highest BCUT2D eigenvalue weighted by molar-refractivity contribution is 8.18. The molecule has 0 bridgehead atoms. The van der Waals surface area contributed by atoms with Gasteiger partial charge in [-0.15, -0.1) is 0 Å². The van der Waals surface area contributed by atoms with Crippen LogP contribution in [0.25, 0.3) is 6.08 Å². The van der Waals surface area contributed by atoms with Crippen molar-refractivity contribution < 1.29 is 29.3 Å². The van der Waals surface area contributed by atoms with E-state index in [2.05, 4.69) is 4.99 Å². The molecule has 29 heavy (non-hydrogen) atoms. The van der Waals surface area contributed by atoms with Crippen molar-refractivity contribution in [3.8, 4) is 17.2 Å². The molecular formula is C20H18N2O6S. The highest BCUT2D eigenvalue weighted by Crippen LogP contribution is 2.39. The molecule has 0 radical (unpaired) electrons. The first kappa shape index (κ1) is 20.3. The Morgan fingerprint density at radius 3 is 2.34 bits per heavy atom. The number of benzene rings is 2. The van der Waals surface area contributed by atoms with Gasteiger partial charge in [0.15, 0.2) is 16.7 Å². The zero-order chi connectivity index (χ0) is 21.0. The largest absolute Gasteiger partial charge is 0.502 e. The Hall–Kier alpha value is -3.46. The Morgan fingerprint density at radius 1 is 1.17 bits per heavy atom. The fourth-order valence-electron chi connectivity index (χ4n) is 2.63. The summed E-state index contributed by atoms with van der Waals surface area (Å²) >= 11 is 1.07. The normalized spacial score (nSPS) is 16.5. The number of aliphatic carboxylic acids is 1. The lowest BCUT2D eigenvalue weighted by Gasteiger charge is -2.12. The van der Waals surface area contributed by atoms with E-state index in [9.17, 15) is 19.8 Å². The molecule has 1 saturated heterocycles. The molecule has 8 nitrogen and oxygen atoms in total. The third kappa shape index (κ3) is 4.52. The lowest BCUT2D eigenvalue weighted by atomic mass is 10.1. The number of nitrogens with zero attached hydrogens (tertiary/aromatic N) is 2. The van der Waals surface area contributed by atoms with E-state index in [0.717, 1.165) is 16.7 Å². The molecule has 1 fully saturated rings. The second-order valence-corrected chi connectivity index (χ2v) is 6.91. The summed E-state index contributed by atoms with van der Waals surface area (Å²) in [4.78, 5) is 29.8. The number of carboxylic acid groups (broad SMARTS) is 1. The molecule has 150 valence electrons. The van der Waals surface area contributed by atoms with Gasteiger partial charge in [-0.25, -0.2) is 4.99 Å². The van der Waals surface area contributed by atoms with E-state index in [1.54, 1.807) is 42.5 Å². The van der Waals surface area contributed by atoms with Crippen LogP contribution in [0.5, 0.6) is 17.2 Å². The first-order chi connectivity index (χ1) is 13.9. The van der Waals surface area contributed by atoms with Crippen molar-refractivity contribution in [2.45, 2.75) is 0 Å². The van der Waals surface area contributed by atoms with Crippen LogP contribution >= 0.6 is 11.8 Å². The number of rotatable bonds is 6. The summed E-state index contributed by atoms with van der Waals surface area (Å²) in [6.07, 6.45) is 1.57. The molecule has 0 unspecified atom stereocenters. The summed E-state index contributed by atoms with van der Waals surface area (Å²) in [6, 6.07) is 12.0. The Balaban J connectivity index is 2.01. The molecule has 0 saturated carbocycles. The van der Waals surface area contributed by atoms with Gasteiger partial charge in [0.1, 0.15) is 6.54 Å². The number of amides is 1. The summed E-state index contributed by atoms with van der Waals surface area (Å²) in [5, 5.41) is 19.5. The van der Waals surface area contributed by atoms with Crippen molar-refractivity contribution in [2.75, 3.05) is 20.8 Å². The zero-order valence-corrected chi connectivity index (χ0v) is 16.5. The van der Waals surface area contributed by atoms with Crippen molar-refractivity contribution in [1.29, 1.82) is 0 Å². The highest BCUT2D eigenvalue weighted by Gasteiger charge is 2.35. The lowest BCUT2D eigenvalue weighted by Crippen LogP contribution is -2.34. The second kappa shape index (κ2) is 8.70. The van der Waals surface area contributed by atoms with E-state index < -0.39 is 18.4 Å². The average molecular weight is 414 g/mol. The summed E-state index contributed by atoms with van der Waals surface area (Å²) in [5.74, 6) is -1.40. The Morgan fingerprint density at radius 2 is 1.79 bits per heavy atom. The summed E-state index contributed by atoms with van der Waals surface area (Å²) < 4.78 is 10.3. The minimum atomic E-state index is -1.14. The van der Waals surface area contributed by atoms with Gasteiger partial charge in [-0.05, 0) is 47.7 Å². The van der Waals surface area contributed by atoms with E-state index in [4.69, 9.17) is 9.47 Å². The maximum atomic E-state index is 12.8. The summed E-state index contributed by atoms with van der Waals surface area (Å²) in [7, 11) is 2.81. The lowest BCUT2D eigenvalue weighted by molar-refractivity contribution is -0.140. The number of methoxy groups -OCH3 is 2. The summed E-state index contributed by atoms with van der Waals surface area (Å²) in [5.41, 5.74) is 1.15. The van der Waals surface area contributed by atoms with Crippen molar-refractivity contribution in [3.63, 3.8) is 0 Å². The number of carboxylic acids is 1. The molecule has 0 aliphatic carbocycles. The van der Waals surface area contributed by atoms with Crippen molar-refractivity contribution >= 4 is 40.6 Å². The number of thioether (sulfide) groups is 1. The zero-order valence-electron chi connectivity index (χ0n) is 15.7. The third-order valence-electron chi connectivity index (χ3n) is 3.96. The van der Waals surface area contributed by atoms with E-state index in [-0.39, 0.29) is 27.3 Å². The molecule has 1 amide bonds. The van der Waals surface area contributed by atoms with Crippen LogP contribution in [0.15, 0.2) is 52.4 Å². The molecule has 0 atom stereocenters. The minimum absolute atomic E-state index is 0.151. The average Bonchev–Trinajstić information content (AvgIpc) is 2.98. The molecule has 0 spiro atoms. The topological polar surface area (TPSA) is 109 Å². The third-order valence-corrected chi connectivity index (χ3v) is 4.97. The van der Waals surface area contributed by atoms with Gasteiger partial charge in [0.2, 0.25) is 5.75 Å². The molecule has 9 heteroatoms. The molecule has 3 rings (SSSR count). The van der Waals surface area contributed by atoms with Gasteiger partial charge in [0, 0.05) is 0 Å². The molecule has 1 aliphatic rings. The number of hydrogen-bond donors (Lipinski definition) is 2. The van der Waals surface area contributed by atoms with Crippen molar-refractivity contribution in [2.24, 2.45) is 4.99 Å². The van der Waals surface area contributed by atoms with Crippen LogP contribution in [0, 0.1) is 0 Å². The smallest absolute Gasteiger partial charge is 0.323 e. The minimum Gasteiger partial charge on any atom is -0.502 e. The van der Waals surface area contributed by atoms with Crippen LogP contribution < -0.4 is 9.47 Å². The SMILES string of the molecule is COc1cc(C=C2SC(=Nc3ccccc3)N(CC(=O)O)C2=O)cc(OC)c1O. The number of carbonyl (C=O) groups is 2. The van der Waals surface area contributed by atoms with Gasteiger partial charge in [-0.1, -0.05) is 18.2 Å². The van der Waals surface area contributed by atoms with Crippen LogP contribution in [-0.4, -0.2) is 52.9 Å². The Bertz CT molecular complexity index is 978. The standard InChI is InChI=1S/C20H18N2O6S/c1-27-14-8-12(9-15(28-2)18(14)25)10-16-19(26)22(11-17(23)24)20(29-16)21-13-6-4-3-5-7-13/h3-10,25H,11H2,1-2H3,(H,23,24). The summed E-state index contributed by atoms with van der Waals surface area (Å²) in [6.45, 7) is -0.503. The Labute approximate surface area is 171 Å². The number of aliphatic imine (C=N–C) groups is 1. The van der Waals surface area contributed by atoms with Gasteiger partial charge in [0.25, 0.3) is 5.91 Å².